The van der Waals surface area contributed by atoms with Gasteiger partial charge in [0.05, 0.1) is 22.6 Å². The molecule has 0 radical (unpaired) electrons. The molecule has 0 amide bonds. The normalized spacial score (nSPS) is 16.5. The quantitative estimate of drug-likeness (QED) is 0.510. The third-order valence-corrected chi connectivity index (χ3v) is 6.22. The minimum absolute atomic E-state index is 0.0542. The van der Waals surface area contributed by atoms with Crippen molar-refractivity contribution in [3.05, 3.63) is 56.6 Å². The Morgan fingerprint density at radius 1 is 1.24 bits per heavy atom. The molecule has 1 fully saturated rings. The van der Waals surface area contributed by atoms with Gasteiger partial charge in [-0.25, -0.2) is 23.5 Å². The fraction of sp³-hybridized carbons (Fsp3) is 0.391. The van der Waals surface area contributed by atoms with Gasteiger partial charge in [-0.3, -0.25) is 9.36 Å². The van der Waals surface area contributed by atoms with Crippen molar-refractivity contribution < 1.29 is 18.7 Å². The molecule has 2 N–H and O–H groups in total. The molecule has 0 aliphatic carbocycles. The van der Waals surface area contributed by atoms with Crippen molar-refractivity contribution in [3.8, 4) is 0 Å². The first-order valence-corrected chi connectivity index (χ1v) is 11.1. The van der Waals surface area contributed by atoms with Gasteiger partial charge in [0, 0.05) is 38.5 Å². The third kappa shape index (κ3) is 4.54. The average Bonchev–Trinajstić information content (AvgIpc) is 2.77. The maximum Gasteiger partial charge on any atom is 0.356 e. The van der Waals surface area contributed by atoms with Crippen LogP contribution in [-0.4, -0.2) is 44.6 Å². The highest BCUT2D eigenvalue weighted by atomic mass is 35.5. The van der Waals surface area contributed by atoms with Crippen molar-refractivity contribution >= 4 is 40.1 Å². The number of carboxylic acid groups (broad SMARTS) is 1. The predicted octanol–water partition coefficient (Wildman–Crippen LogP) is 4.40. The second-order valence-corrected chi connectivity index (χ2v) is 8.96. The van der Waals surface area contributed by atoms with E-state index in [1.807, 2.05) is 19.9 Å². The van der Waals surface area contributed by atoms with E-state index in [1.165, 1.54) is 16.7 Å². The molecule has 4 rings (SSSR count). The number of aromatic carboxylic acids is 1. The van der Waals surface area contributed by atoms with Gasteiger partial charge in [0.2, 0.25) is 5.95 Å². The highest BCUT2D eigenvalue weighted by Crippen LogP contribution is 2.32. The average molecular weight is 492 g/mol. The second kappa shape index (κ2) is 8.83. The summed E-state index contributed by atoms with van der Waals surface area (Å²) < 4.78 is 28.8. The number of halogens is 3. The maximum absolute atomic E-state index is 13.7. The Morgan fingerprint density at radius 3 is 2.56 bits per heavy atom. The van der Waals surface area contributed by atoms with Crippen LogP contribution in [0.5, 0.6) is 0 Å². The smallest absolute Gasteiger partial charge is 0.356 e. The number of alkyl halides is 2. The molecule has 1 saturated heterocycles. The molecule has 34 heavy (non-hydrogen) atoms. The van der Waals surface area contributed by atoms with Crippen molar-refractivity contribution in [1.82, 2.24) is 14.5 Å². The van der Waals surface area contributed by atoms with Crippen LogP contribution in [0.4, 0.5) is 20.4 Å². The summed E-state index contributed by atoms with van der Waals surface area (Å²) in [5, 5.41) is 13.1. The predicted molar refractivity (Wildman–Crippen MR) is 126 cm³/mol. The summed E-state index contributed by atoms with van der Waals surface area (Å²) in [5.41, 5.74) is 1.68. The molecule has 0 bridgehead atoms. The number of anilines is 2. The monoisotopic (exact) mass is 491 g/mol. The lowest BCUT2D eigenvalue weighted by molar-refractivity contribution is -0.0223. The van der Waals surface area contributed by atoms with Gasteiger partial charge >= 0.3 is 5.97 Å². The van der Waals surface area contributed by atoms with Gasteiger partial charge in [-0.1, -0.05) is 17.7 Å². The Bertz CT molecular complexity index is 1330. The van der Waals surface area contributed by atoms with E-state index in [1.54, 1.807) is 18.0 Å². The molecule has 1 aliphatic heterocycles. The van der Waals surface area contributed by atoms with E-state index in [0.29, 0.717) is 22.4 Å². The van der Waals surface area contributed by atoms with Crippen LogP contribution in [0.25, 0.3) is 10.9 Å². The summed E-state index contributed by atoms with van der Waals surface area (Å²) in [6.07, 6.45) is -0.609. The van der Waals surface area contributed by atoms with Gasteiger partial charge in [-0.05, 0) is 37.6 Å². The Morgan fingerprint density at radius 2 is 1.91 bits per heavy atom. The molecule has 1 aromatic carbocycles. The summed E-state index contributed by atoms with van der Waals surface area (Å²) in [4.78, 5) is 35.2. The number of aromatic nitrogens is 3. The number of fused-ring (bicyclic) bond motifs is 1. The van der Waals surface area contributed by atoms with E-state index in [9.17, 15) is 23.5 Å². The van der Waals surface area contributed by atoms with E-state index < -0.39 is 17.9 Å². The lowest BCUT2D eigenvalue weighted by atomic mass is 10.0. The number of nitrogens with zero attached hydrogens (tertiary/aromatic N) is 4. The van der Waals surface area contributed by atoms with E-state index in [4.69, 9.17) is 16.6 Å². The van der Waals surface area contributed by atoms with E-state index in [0.717, 1.165) is 5.56 Å². The summed E-state index contributed by atoms with van der Waals surface area (Å²) in [5.74, 6) is -3.63. The number of benzene rings is 1. The number of hydrogen-bond acceptors (Lipinski definition) is 6. The van der Waals surface area contributed by atoms with Crippen LogP contribution in [0.15, 0.2) is 29.1 Å². The Hall–Kier alpha value is -3.27. The highest BCUT2D eigenvalue weighted by Gasteiger charge is 2.35. The van der Waals surface area contributed by atoms with Crippen LogP contribution in [0, 0.1) is 6.92 Å². The molecular weight excluding hydrogens is 468 g/mol. The lowest BCUT2D eigenvalue weighted by Gasteiger charge is -2.33. The van der Waals surface area contributed by atoms with Crippen LogP contribution in [-0.2, 0) is 7.05 Å². The van der Waals surface area contributed by atoms with Gasteiger partial charge in [0.15, 0.2) is 5.69 Å². The van der Waals surface area contributed by atoms with Crippen LogP contribution in [0.3, 0.4) is 0 Å². The van der Waals surface area contributed by atoms with Gasteiger partial charge in [0.25, 0.3) is 11.5 Å². The number of carbonyl (C=O) groups is 1. The van der Waals surface area contributed by atoms with Gasteiger partial charge in [0.1, 0.15) is 5.15 Å². The number of nitrogens with one attached hydrogen (secondary N) is 1. The summed E-state index contributed by atoms with van der Waals surface area (Å²) in [6, 6.07) is 6.15. The first-order valence-electron chi connectivity index (χ1n) is 10.8. The minimum atomic E-state index is -2.72. The van der Waals surface area contributed by atoms with Crippen LogP contribution < -0.4 is 15.8 Å². The molecule has 3 heterocycles. The SMILES string of the molecule is Cc1cc([C@H](C)Nc2ccc(Cl)nc2C(=O)O)c2nc(N3CCC(F)(F)CC3)n(C)c(=O)c2c1. The minimum Gasteiger partial charge on any atom is -0.476 e. The van der Waals surface area contributed by atoms with E-state index >= 15 is 0 Å². The topological polar surface area (TPSA) is 100 Å². The summed E-state index contributed by atoms with van der Waals surface area (Å²) >= 11 is 5.85. The van der Waals surface area contributed by atoms with Crippen molar-refractivity contribution in [3.63, 3.8) is 0 Å². The van der Waals surface area contributed by atoms with Crippen LogP contribution >= 0.6 is 11.6 Å². The highest BCUT2D eigenvalue weighted by molar-refractivity contribution is 6.29. The Labute approximate surface area is 199 Å². The van der Waals surface area contributed by atoms with Gasteiger partial charge < -0.3 is 15.3 Å². The molecule has 1 atom stereocenters. The molecule has 8 nitrogen and oxygen atoms in total. The zero-order valence-corrected chi connectivity index (χ0v) is 19.7. The number of pyridine rings is 1. The largest absolute Gasteiger partial charge is 0.476 e. The summed E-state index contributed by atoms with van der Waals surface area (Å²) in [6.45, 7) is 3.84. The zero-order chi connectivity index (χ0) is 24.8. The zero-order valence-electron chi connectivity index (χ0n) is 18.9. The van der Waals surface area contributed by atoms with Crippen molar-refractivity contribution in [2.45, 2.75) is 38.7 Å². The number of rotatable bonds is 5. The van der Waals surface area contributed by atoms with Crippen molar-refractivity contribution in [1.29, 1.82) is 0 Å². The molecule has 0 spiro atoms. The fourth-order valence-corrected chi connectivity index (χ4v) is 4.36. The molecule has 3 aromatic rings. The van der Waals surface area contributed by atoms with E-state index in [2.05, 4.69) is 10.3 Å². The second-order valence-electron chi connectivity index (χ2n) is 8.57. The van der Waals surface area contributed by atoms with Crippen molar-refractivity contribution in [2.24, 2.45) is 7.05 Å². The lowest BCUT2D eigenvalue weighted by Crippen LogP contribution is -2.42. The molecule has 11 heteroatoms. The molecule has 0 unspecified atom stereocenters. The number of piperidine rings is 1. The Balaban J connectivity index is 1.79. The van der Waals surface area contributed by atoms with Gasteiger partial charge in [-0.2, -0.15) is 0 Å². The Kier molecular flexibility index (Phi) is 6.20. The first kappa shape index (κ1) is 23.9. The van der Waals surface area contributed by atoms with E-state index in [-0.39, 0.29) is 48.0 Å². The standard InChI is InChI=1S/C23H24ClF2N5O3/c1-12-10-14(13(2)27-16-4-5-17(24)28-19(16)21(33)34)18-15(11-12)20(32)30(3)22(29-18)31-8-6-23(25,26)7-9-31/h4-5,10-11,13,27H,6-9H2,1-3H3,(H,33,34)/t13-/m0/s1. The molecular formula is C23H24ClF2N5O3. The number of hydrogen-bond donors (Lipinski definition) is 2. The summed E-state index contributed by atoms with van der Waals surface area (Å²) in [7, 11) is 1.58. The van der Waals surface area contributed by atoms with Crippen LogP contribution in [0.2, 0.25) is 5.15 Å². The first-order chi connectivity index (χ1) is 16.0. The van der Waals surface area contributed by atoms with Crippen LogP contribution in [0.1, 0.15) is 47.4 Å². The third-order valence-electron chi connectivity index (χ3n) is 6.01. The van der Waals surface area contributed by atoms with Gasteiger partial charge in [-0.15, -0.1) is 0 Å². The number of aryl methyl sites for hydroxylation is 1. The number of carboxylic acids is 1. The molecule has 2 aromatic heterocycles. The molecule has 1 aliphatic rings. The molecule has 0 saturated carbocycles. The molecule has 180 valence electrons. The fourth-order valence-electron chi connectivity index (χ4n) is 4.21. The maximum atomic E-state index is 13.7. The van der Waals surface area contributed by atoms with Crippen molar-refractivity contribution in [2.75, 3.05) is 23.3 Å².